The maximum Gasteiger partial charge on any atom is 0.387 e. The van der Waals surface area contributed by atoms with Gasteiger partial charge in [0.15, 0.2) is 0 Å². The molecule has 2 heterocycles. The van der Waals surface area contributed by atoms with Crippen LogP contribution in [-0.2, 0) is 13.6 Å². The van der Waals surface area contributed by atoms with Crippen molar-refractivity contribution in [2.75, 3.05) is 13.1 Å². The van der Waals surface area contributed by atoms with Gasteiger partial charge in [-0.25, -0.2) is 9.07 Å². The minimum absolute atomic E-state index is 0.0796. The monoisotopic (exact) mass is 497 g/mol. The lowest BCUT2D eigenvalue weighted by molar-refractivity contribution is -0.0500. The molecule has 0 bridgehead atoms. The van der Waals surface area contributed by atoms with Gasteiger partial charge in [0.25, 0.3) is 5.56 Å². The first-order chi connectivity index (χ1) is 15.7. The van der Waals surface area contributed by atoms with Crippen LogP contribution in [0.1, 0.15) is 17.7 Å². The number of hydrogen-bond acceptors (Lipinski definition) is 3. The highest BCUT2D eigenvalue weighted by atomic mass is 35.5. The van der Waals surface area contributed by atoms with Crippen molar-refractivity contribution in [2.45, 2.75) is 19.6 Å². The van der Waals surface area contributed by atoms with Crippen molar-refractivity contribution in [1.29, 1.82) is 0 Å². The molecule has 1 aliphatic heterocycles. The van der Waals surface area contributed by atoms with Gasteiger partial charge in [-0.15, -0.1) is 0 Å². The van der Waals surface area contributed by atoms with E-state index < -0.39 is 12.4 Å². The van der Waals surface area contributed by atoms with Gasteiger partial charge in [0.05, 0.1) is 11.4 Å². The van der Waals surface area contributed by atoms with E-state index in [-0.39, 0.29) is 16.3 Å². The number of aromatic nitrogens is 2. The Bertz CT molecular complexity index is 1250. The Morgan fingerprint density at radius 2 is 1.85 bits per heavy atom. The Kier molecular flexibility index (Phi) is 6.88. The molecule has 0 N–H and O–H groups in total. The summed E-state index contributed by atoms with van der Waals surface area (Å²) in [6.07, 6.45) is 2.50. The summed E-state index contributed by atoms with van der Waals surface area (Å²) in [6, 6.07) is 10.1. The van der Waals surface area contributed by atoms with Crippen molar-refractivity contribution in [1.82, 2.24) is 14.3 Å². The maximum atomic E-state index is 13.3. The minimum Gasteiger partial charge on any atom is -0.434 e. The average molecular weight is 498 g/mol. The van der Waals surface area contributed by atoms with Gasteiger partial charge in [-0.2, -0.15) is 8.78 Å². The van der Waals surface area contributed by atoms with Crippen molar-refractivity contribution < 1.29 is 17.9 Å². The Morgan fingerprint density at radius 3 is 2.48 bits per heavy atom. The number of benzene rings is 2. The van der Waals surface area contributed by atoms with Gasteiger partial charge < -0.3 is 4.74 Å². The average Bonchev–Trinajstić information content (AvgIpc) is 2.99. The molecule has 5 nitrogen and oxygen atoms in total. The van der Waals surface area contributed by atoms with E-state index in [9.17, 15) is 18.0 Å². The molecule has 0 saturated heterocycles. The highest BCUT2D eigenvalue weighted by molar-refractivity contribution is 6.31. The molecule has 3 aromatic rings. The standard InChI is InChI=1S/C23H20Cl2F3N3O2/c1-29-19(21(25)22(32)31(29)17-5-3-16(26)4-6-17)13-30-10-8-14(9-11-30)18-12-15(24)2-7-20(18)33-23(27)28/h2-8,12,23H,9-11,13H2,1H3. The lowest BCUT2D eigenvalue weighted by Crippen LogP contribution is -2.29. The van der Waals surface area contributed by atoms with Crippen LogP contribution < -0.4 is 10.3 Å². The lowest BCUT2D eigenvalue weighted by atomic mass is 9.98. The highest BCUT2D eigenvalue weighted by Gasteiger charge is 2.22. The van der Waals surface area contributed by atoms with E-state index >= 15 is 0 Å². The second kappa shape index (κ2) is 9.67. The normalized spacial score (nSPS) is 14.6. The number of ether oxygens (including phenoxy) is 1. The molecular weight excluding hydrogens is 478 g/mol. The molecule has 0 fully saturated rings. The van der Waals surface area contributed by atoms with Crippen LogP contribution in [0.25, 0.3) is 11.3 Å². The molecule has 2 aromatic carbocycles. The molecule has 1 aromatic heterocycles. The number of rotatable bonds is 6. The Morgan fingerprint density at radius 1 is 1.12 bits per heavy atom. The summed E-state index contributed by atoms with van der Waals surface area (Å²) in [5.74, 6) is -0.319. The second-order valence-corrected chi connectivity index (χ2v) is 8.43. The van der Waals surface area contributed by atoms with Crippen LogP contribution >= 0.6 is 23.2 Å². The fourth-order valence-corrected chi connectivity index (χ4v) is 4.36. The molecule has 0 spiro atoms. The Labute approximate surface area is 198 Å². The lowest BCUT2D eigenvalue weighted by Gasteiger charge is -2.27. The molecule has 0 aliphatic carbocycles. The van der Waals surface area contributed by atoms with Gasteiger partial charge in [-0.1, -0.05) is 29.3 Å². The fraction of sp³-hybridized carbons (Fsp3) is 0.261. The molecule has 0 amide bonds. The van der Waals surface area contributed by atoms with Crippen LogP contribution in [0.15, 0.2) is 53.3 Å². The minimum atomic E-state index is -2.93. The predicted octanol–water partition coefficient (Wildman–Crippen LogP) is 5.51. The zero-order valence-corrected chi connectivity index (χ0v) is 19.1. The topological polar surface area (TPSA) is 39.4 Å². The van der Waals surface area contributed by atoms with E-state index in [2.05, 4.69) is 9.64 Å². The summed E-state index contributed by atoms with van der Waals surface area (Å²) in [6.45, 7) is -1.40. The van der Waals surface area contributed by atoms with Gasteiger partial charge in [-0.3, -0.25) is 14.4 Å². The molecule has 10 heteroatoms. The molecule has 4 rings (SSSR count). The zero-order valence-electron chi connectivity index (χ0n) is 17.6. The second-order valence-electron chi connectivity index (χ2n) is 7.61. The predicted molar refractivity (Wildman–Crippen MR) is 122 cm³/mol. The smallest absolute Gasteiger partial charge is 0.387 e. The molecular formula is C23H20Cl2F3N3O2. The highest BCUT2D eigenvalue weighted by Crippen LogP contribution is 2.34. The Hall–Kier alpha value is -2.68. The third-order valence-corrected chi connectivity index (χ3v) is 6.18. The molecule has 0 atom stereocenters. The molecule has 0 unspecified atom stereocenters. The maximum absolute atomic E-state index is 13.3. The summed E-state index contributed by atoms with van der Waals surface area (Å²) in [5, 5.41) is 0.526. The van der Waals surface area contributed by atoms with E-state index in [1.54, 1.807) is 17.8 Å². The van der Waals surface area contributed by atoms with Crippen molar-refractivity contribution >= 4 is 28.8 Å². The third-order valence-electron chi connectivity index (χ3n) is 5.57. The van der Waals surface area contributed by atoms with Crippen molar-refractivity contribution in [2.24, 2.45) is 7.05 Å². The number of halogens is 5. The third kappa shape index (κ3) is 4.98. The van der Waals surface area contributed by atoms with Gasteiger partial charge >= 0.3 is 6.61 Å². The molecule has 0 radical (unpaired) electrons. The van der Waals surface area contributed by atoms with Gasteiger partial charge in [0, 0.05) is 37.3 Å². The van der Waals surface area contributed by atoms with Crippen molar-refractivity contribution in [3.05, 3.63) is 86.0 Å². The number of alkyl halides is 2. The van der Waals surface area contributed by atoms with Crippen molar-refractivity contribution in [3.63, 3.8) is 0 Å². The summed E-state index contributed by atoms with van der Waals surface area (Å²) in [5.41, 5.74) is 2.13. The number of nitrogens with zero attached hydrogens (tertiary/aromatic N) is 3. The van der Waals surface area contributed by atoms with Gasteiger partial charge in [-0.05, 0) is 54.5 Å². The molecule has 0 saturated carbocycles. The van der Waals surface area contributed by atoms with Crippen LogP contribution in [0.4, 0.5) is 13.2 Å². The van der Waals surface area contributed by atoms with E-state index in [0.29, 0.717) is 48.0 Å². The largest absolute Gasteiger partial charge is 0.434 e. The molecule has 33 heavy (non-hydrogen) atoms. The summed E-state index contributed by atoms with van der Waals surface area (Å²) in [4.78, 5) is 14.8. The van der Waals surface area contributed by atoms with Crippen LogP contribution in [0.2, 0.25) is 10.0 Å². The molecule has 174 valence electrons. The summed E-state index contributed by atoms with van der Waals surface area (Å²) < 4.78 is 46.5. The summed E-state index contributed by atoms with van der Waals surface area (Å²) in [7, 11) is 1.72. The first-order valence-corrected chi connectivity index (χ1v) is 10.9. The molecule has 1 aliphatic rings. The first kappa shape index (κ1) is 23.5. The first-order valence-electron chi connectivity index (χ1n) is 10.1. The van der Waals surface area contributed by atoms with Crippen LogP contribution in [0.5, 0.6) is 5.75 Å². The Balaban J connectivity index is 1.56. The van der Waals surface area contributed by atoms with Crippen LogP contribution in [-0.4, -0.2) is 34.0 Å². The van der Waals surface area contributed by atoms with E-state index in [0.717, 1.165) is 5.57 Å². The van der Waals surface area contributed by atoms with Crippen molar-refractivity contribution in [3.8, 4) is 11.4 Å². The number of hydrogen-bond donors (Lipinski definition) is 0. The quantitative estimate of drug-likeness (QED) is 0.450. The summed E-state index contributed by atoms with van der Waals surface area (Å²) >= 11 is 12.4. The zero-order chi connectivity index (χ0) is 23.7. The van der Waals surface area contributed by atoms with Crippen LogP contribution in [0.3, 0.4) is 0 Å². The van der Waals surface area contributed by atoms with E-state index in [1.807, 2.05) is 6.08 Å². The van der Waals surface area contributed by atoms with Crippen LogP contribution in [0, 0.1) is 5.82 Å². The van der Waals surface area contributed by atoms with E-state index in [1.165, 1.54) is 41.1 Å². The van der Waals surface area contributed by atoms with Gasteiger partial charge in [0.2, 0.25) is 0 Å². The van der Waals surface area contributed by atoms with E-state index in [4.69, 9.17) is 23.2 Å². The fourth-order valence-electron chi connectivity index (χ4n) is 3.92. The SMILES string of the molecule is Cn1c(CN2CC=C(c3cc(Cl)ccc3OC(F)F)CC2)c(Cl)c(=O)n1-c1ccc(F)cc1. The van der Waals surface area contributed by atoms with Gasteiger partial charge in [0.1, 0.15) is 16.6 Å².